The fourth-order valence-corrected chi connectivity index (χ4v) is 1.65. The lowest BCUT2D eigenvalue weighted by Crippen LogP contribution is -2.01. The number of pyridine rings is 1. The Morgan fingerprint density at radius 3 is 2.69 bits per heavy atom. The van der Waals surface area contributed by atoms with Gasteiger partial charge < -0.3 is 5.32 Å². The van der Waals surface area contributed by atoms with Gasteiger partial charge in [-0.25, -0.2) is 4.98 Å². The molecular formula is C13H21FN2. The fraction of sp³-hybridized carbons (Fsp3) is 0.615. The van der Waals surface area contributed by atoms with Crippen LogP contribution >= 0.6 is 0 Å². The third-order valence-electron chi connectivity index (χ3n) is 2.59. The maximum absolute atomic E-state index is 12.7. The predicted octanol–water partition coefficient (Wildman–Crippen LogP) is 3.99. The molecule has 3 heteroatoms. The van der Waals surface area contributed by atoms with Crippen LogP contribution in [0.25, 0.3) is 0 Å². The second-order valence-electron chi connectivity index (χ2n) is 4.06. The van der Waals surface area contributed by atoms with Gasteiger partial charge in [0, 0.05) is 24.5 Å². The van der Waals surface area contributed by atoms with E-state index in [1.165, 1.54) is 44.4 Å². The summed E-state index contributed by atoms with van der Waals surface area (Å²) < 4.78 is 12.7. The molecule has 1 N–H and O–H groups in total. The highest BCUT2D eigenvalue weighted by atomic mass is 19.1. The third kappa shape index (κ3) is 5.69. The van der Waals surface area contributed by atoms with E-state index >= 15 is 0 Å². The number of nitrogens with one attached hydrogen (secondary N) is 1. The van der Waals surface area contributed by atoms with Gasteiger partial charge in [0.05, 0.1) is 0 Å². The van der Waals surface area contributed by atoms with Crippen molar-refractivity contribution in [1.29, 1.82) is 0 Å². The molecule has 0 aromatic carbocycles. The molecule has 1 rings (SSSR count). The Morgan fingerprint density at radius 1 is 1.19 bits per heavy atom. The summed E-state index contributed by atoms with van der Waals surface area (Å²) in [5, 5.41) is 3.20. The SMILES string of the molecule is CCCCCCCCNc1ccnc(F)c1. The molecule has 0 unspecified atom stereocenters. The van der Waals surface area contributed by atoms with Crippen molar-refractivity contribution in [2.45, 2.75) is 45.4 Å². The minimum atomic E-state index is -0.423. The third-order valence-corrected chi connectivity index (χ3v) is 2.59. The Labute approximate surface area is 97.3 Å². The highest BCUT2D eigenvalue weighted by Gasteiger charge is 1.95. The Morgan fingerprint density at radius 2 is 1.94 bits per heavy atom. The molecule has 0 fully saturated rings. The van der Waals surface area contributed by atoms with Crippen molar-refractivity contribution in [1.82, 2.24) is 4.98 Å². The summed E-state index contributed by atoms with van der Waals surface area (Å²) in [5.41, 5.74) is 0.820. The van der Waals surface area contributed by atoms with E-state index in [4.69, 9.17) is 0 Å². The highest BCUT2D eigenvalue weighted by molar-refractivity contribution is 5.40. The molecule has 0 aliphatic carbocycles. The van der Waals surface area contributed by atoms with Crippen LogP contribution in [0.15, 0.2) is 18.3 Å². The van der Waals surface area contributed by atoms with Crippen LogP contribution < -0.4 is 5.32 Å². The summed E-state index contributed by atoms with van der Waals surface area (Å²) >= 11 is 0. The number of nitrogens with zero attached hydrogens (tertiary/aromatic N) is 1. The molecule has 16 heavy (non-hydrogen) atoms. The fourth-order valence-electron chi connectivity index (χ4n) is 1.65. The first kappa shape index (κ1) is 12.9. The van der Waals surface area contributed by atoms with Gasteiger partial charge in [-0.3, -0.25) is 0 Å². The van der Waals surface area contributed by atoms with Crippen LogP contribution in [0.5, 0.6) is 0 Å². The summed E-state index contributed by atoms with van der Waals surface area (Å²) in [6, 6.07) is 3.22. The predicted molar refractivity (Wildman–Crippen MR) is 66.1 cm³/mol. The molecule has 1 aromatic rings. The molecule has 1 heterocycles. The van der Waals surface area contributed by atoms with E-state index in [-0.39, 0.29) is 0 Å². The Balaban J connectivity index is 2.03. The Hall–Kier alpha value is -1.12. The molecule has 0 saturated heterocycles. The average molecular weight is 224 g/mol. The van der Waals surface area contributed by atoms with E-state index in [0.29, 0.717) is 0 Å². The van der Waals surface area contributed by atoms with Gasteiger partial charge in [-0.1, -0.05) is 39.0 Å². The number of rotatable bonds is 8. The van der Waals surface area contributed by atoms with E-state index in [0.717, 1.165) is 18.7 Å². The standard InChI is InChI=1S/C13H21FN2/c1-2-3-4-5-6-7-9-15-12-8-10-16-13(14)11-12/h8,10-11H,2-7,9H2,1H3,(H,15,16). The van der Waals surface area contributed by atoms with Crippen LogP contribution in [-0.4, -0.2) is 11.5 Å². The zero-order valence-corrected chi connectivity index (χ0v) is 10.0. The van der Waals surface area contributed by atoms with Crippen molar-refractivity contribution in [2.75, 3.05) is 11.9 Å². The van der Waals surface area contributed by atoms with Crippen LogP contribution in [0.1, 0.15) is 45.4 Å². The van der Waals surface area contributed by atoms with Crippen LogP contribution in [0.2, 0.25) is 0 Å². The van der Waals surface area contributed by atoms with Gasteiger partial charge in [-0.15, -0.1) is 0 Å². The molecule has 0 radical (unpaired) electrons. The smallest absolute Gasteiger partial charge is 0.214 e. The van der Waals surface area contributed by atoms with Crippen molar-refractivity contribution in [3.63, 3.8) is 0 Å². The molecule has 0 bridgehead atoms. The number of aromatic nitrogens is 1. The van der Waals surface area contributed by atoms with Crippen LogP contribution in [0.4, 0.5) is 10.1 Å². The Bertz CT molecular complexity index is 289. The lowest BCUT2D eigenvalue weighted by molar-refractivity contribution is 0.584. The maximum Gasteiger partial charge on any atom is 0.214 e. The van der Waals surface area contributed by atoms with Gasteiger partial charge in [0.1, 0.15) is 0 Å². The quantitative estimate of drug-likeness (QED) is 0.533. The van der Waals surface area contributed by atoms with E-state index in [2.05, 4.69) is 17.2 Å². The van der Waals surface area contributed by atoms with Gasteiger partial charge in [0.2, 0.25) is 5.95 Å². The summed E-state index contributed by atoms with van der Waals surface area (Å²) in [6.45, 7) is 3.13. The summed E-state index contributed by atoms with van der Waals surface area (Å²) in [4.78, 5) is 3.51. The summed E-state index contributed by atoms with van der Waals surface area (Å²) in [5.74, 6) is -0.423. The molecule has 2 nitrogen and oxygen atoms in total. The van der Waals surface area contributed by atoms with E-state index in [9.17, 15) is 4.39 Å². The molecule has 0 atom stereocenters. The van der Waals surface area contributed by atoms with Gasteiger partial charge in [-0.05, 0) is 12.5 Å². The second kappa shape index (κ2) is 8.08. The molecule has 0 aliphatic heterocycles. The second-order valence-corrected chi connectivity index (χ2v) is 4.06. The Kier molecular flexibility index (Phi) is 6.54. The summed E-state index contributed by atoms with van der Waals surface area (Å²) in [6.07, 6.45) is 9.14. The van der Waals surface area contributed by atoms with Crippen LogP contribution in [0.3, 0.4) is 0 Å². The molecule has 0 aliphatic rings. The van der Waals surface area contributed by atoms with E-state index in [1.807, 2.05) is 0 Å². The van der Waals surface area contributed by atoms with E-state index in [1.54, 1.807) is 6.07 Å². The van der Waals surface area contributed by atoms with Gasteiger partial charge in [-0.2, -0.15) is 4.39 Å². The molecule has 0 saturated carbocycles. The van der Waals surface area contributed by atoms with Gasteiger partial charge >= 0.3 is 0 Å². The van der Waals surface area contributed by atoms with Crippen molar-refractivity contribution >= 4 is 5.69 Å². The van der Waals surface area contributed by atoms with Crippen molar-refractivity contribution in [2.24, 2.45) is 0 Å². The number of unbranched alkanes of at least 4 members (excludes halogenated alkanes) is 5. The first-order valence-corrected chi connectivity index (χ1v) is 6.18. The highest BCUT2D eigenvalue weighted by Crippen LogP contribution is 2.08. The van der Waals surface area contributed by atoms with Crippen molar-refractivity contribution in [3.05, 3.63) is 24.3 Å². The zero-order chi connectivity index (χ0) is 11.6. The van der Waals surface area contributed by atoms with E-state index < -0.39 is 5.95 Å². The lowest BCUT2D eigenvalue weighted by Gasteiger charge is -2.05. The van der Waals surface area contributed by atoms with Gasteiger partial charge in [0.25, 0.3) is 0 Å². The topological polar surface area (TPSA) is 24.9 Å². The van der Waals surface area contributed by atoms with Gasteiger partial charge in [0.15, 0.2) is 0 Å². The molecular weight excluding hydrogens is 203 g/mol. The average Bonchev–Trinajstić information content (AvgIpc) is 2.28. The molecule has 0 amide bonds. The number of hydrogen-bond donors (Lipinski definition) is 1. The maximum atomic E-state index is 12.7. The minimum absolute atomic E-state index is 0.423. The zero-order valence-electron chi connectivity index (χ0n) is 10.0. The largest absolute Gasteiger partial charge is 0.385 e. The minimum Gasteiger partial charge on any atom is -0.385 e. The number of halogens is 1. The van der Waals surface area contributed by atoms with Crippen LogP contribution in [0, 0.1) is 5.95 Å². The molecule has 0 spiro atoms. The summed E-state index contributed by atoms with van der Waals surface area (Å²) in [7, 11) is 0. The molecule has 1 aromatic heterocycles. The first-order chi connectivity index (χ1) is 7.83. The molecule has 90 valence electrons. The van der Waals surface area contributed by atoms with Crippen molar-refractivity contribution < 1.29 is 4.39 Å². The normalized spacial score (nSPS) is 10.4. The first-order valence-electron chi connectivity index (χ1n) is 6.18. The lowest BCUT2D eigenvalue weighted by atomic mass is 10.1. The van der Waals surface area contributed by atoms with Crippen LogP contribution in [-0.2, 0) is 0 Å². The number of hydrogen-bond acceptors (Lipinski definition) is 2. The monoisotopic (exact) mass is 224 g/mol. The van der Waals surface area contributed by atoms with Crippen molar-refractivity contribution in [3.8, 4) is 0 Å². The number of anilines is 1.